The number of carboxylic acids is 1. The average molecular weight is 923 g/mol. The Bertz CT molecular complexity index is 2240. The van der Waals surface area contributed by atoms with Crippen LogP contribution < -0.4 is 9.47 Å². The third kappa shape index (κ3) is 9.11. The van der Waals surface area contributed by atoms with Crippen molar-refractivity contribution in [2.75, 3.05) is 24.4 Å². The minimum Gasteiger partial charge on any atom is -0.494 e. The Morgan fingerprint density at radius 1 is 0.810 bits per heavy atom. The van der Waals surface area contributed by atoms with Gasteiger partial charge in [0.2, 0.25) is 0 Å². The molecule has 0 bridgehead atoms. The summed E-state index contributed by atoms with van der Waals surface area (Å²) in [5.74, 6) is -13.9. The molecule has 3 aromatic carbocycles. The maximum atomic E-state index is 17.3. The lowest BCUT2D eigenvalue weighted by atomic mass is 9.60. The molecule has 346 valence electrons. The fraction of sp³-hybridized carbons (Fsp3) is 0.612. The van der Waals surface area contributed by atoms with Crippen molar-refractivity contribution < 1.29 is 54.1 Å². The molecule has 8 atom stereocenters. The molecule has 6 nitrogen and oxygen atoms in total. The standard InChI is InChI=1S/C49H60F6O6S2/c1-27(2)32-16-18-46(5,50)48(52,53)44(32)38-23-31(60-20-9-21-63(7,58)59)24-39(45-33(28(3)4)17-19-47(6,51)49(45,54)55)43(38)37-11-8-10-36-35(37)14-15-40(36)61-30-12-13-34-29(22-42(56)57)26-62-41(34)25-30/h8,10-13,23-25,27-29,32-33,40,44-45H,9,14-22,26H2,1-7H3,(H,56,57)/t29-,32?,33?,40?,44?,45?,46?,47?/m1/s1. The lowest BCUT2D eigenvalue weighted by molar-refractivity contribution is -0.187. The second-order valence-corrected chi connectivity index (χ2v) is 22.9. The first-order valence-corrected chi connectivity index (χ1v) is 25.3. The van der Waals surface area contributed by atoms with Gasteiger partial charge in [0, 0.05) is 22.8 Å². The maximum absolute atomic E-state index is 17.3. The van der Waals surface area contributed by atoms with Crippen LogP contribution in [0.1, 0.15) is 138 Å². The molecule has 3 aromatic rings. The molecule has 0 spiro atoms. The molecule has 63 heavy (non-hydrogen) atoms. The van der Waals surface area contributed by atoms with Crippen molar-refractivity contribution >= 4 is 27.6 Å². The number of fused-ring (bicyclic) bond motifs is 2. The molecule has 3 aliphatic carbocycles. The van der Waals surface area contributed by atoms with E-state index in [0.29, 0.717) is 35.5 Å². The summed E-state index contributed by atoms with van der Waals surface area (Å²) in [6, 6.07) is 13.8. The van der Waals surface area contributed by atoms with Gasteiger partial charge in [0.1, 0.15) is 27.4 Å². The van der Waals surface area contributed by atoms with Crippen molar-refractivity contribution in [3.63, 3.8) is 0 Å². The van der Waals surface area contributed by atoms with Crippen LogP contribution in [0, 0.1) is 23.7 Å². The van der Waals surface area contributed by atoms with Crippen LogP contribution in [0.15, 0.2) is 53.4 Å². The van der Waals surface area contributed by atoms with E-state index < -0.39 is 81.6 Å². The number of rotatable bonds is 14. The van der Waals surface area contributed by atoms with Crippen LogP contribution in [0.3, 0.4) is 0 Å². The number of halogens is 6. The summed E-state index contributed by atoms with van der Waals surface area (Å²) in [4.78, 5) is 12.4. The minimum absolute atomic E-state index is 0.0177. The van der Waals surface area contributed by atoms with Crippen molar-refractivity contribution in [2.24, 2.45) is 23.7 Å². The molecular formula is C49H60F6O6S2. The van der Waals surface area contributed by atoms with Crippen molar-refractivity contribution in [3.05, 3.63) is 76.3 Å². The van der Waals surface area contributed by atoms with Gasteiger partial charge >= 0.3 is 5.97 Å². The summed E-state index contributed by atoms with van der Waals surface area (Å²) in [6.07, 6.45) is 0.896. The zero-order valence-corrected chi connectivity index (χ0v) is 38.7. The highest BCUT2D eigenvalue weighted by molar-refractivity contribution is 7.99. The lowest BCUT2D eigenvalue weighted by Gasteiger charge is -2.49. The number of carboxylic acid groups (broad SMARTS) is 1. The monoisotopic (exact) mass is 922 g/mol. The van der Waals surface area contributed by atoms with Crippen LogP contribution in [0.5, 0.6) is 11.5 Å². The highest BCUT2D eigenvalue weighted by Gasteiger charge is 2.65. The molecule has 2 saturated carbocycles. The van der Waals surface area contributed by atoms with E-state index in [1.807, 2.05) is 24.3 Å². The summed E-state index contributed by atoms with van der Waals surface area (Å²) >= 11 is 1.56. The third-order valence-electron chi connectivity index (χ3n) is 14.5. The fourth-order valence-corrected chi connectivity index (χ4v) is 12.8. The summed E-state index contributed by atoms with van der Waals surface area (Å²) in [5.41, 5.74) is -3.08. The van der Waals surface area contributed by atoms with Crippen LogP contribution in [0.25, 0.3) is 11.1 Å². The molecule has 7 rings (SSSR count). The summed E-state index contributed by atoms with van der Waals surface area (Å²) in [5, 5.41) is 9.41. The van der Waals surface area contributed by atoms with Gasteiger partial charge in [0.25, 0.3) is 11.8 Å². The maximum Gasteiger partial charge on any atom is 0.303 e. The van der Waals surface area contributed by atoms with Gasteiger partial charge in [-0.05, 0) is 146 Å². The van der Waals surface area contributed by atoms with Gasteiger partial charge in [-0.15, -0.1) is 11.8 Å². The van der Waals surface area contributed by atoms with E-state index in [9.17, 15) is 18.3 Å². The van der Waals surface area contributed by atoms with Crippen molar-refractivity contribution in [1.29, 1.82) is 0 Å². The SMILES string of the molecule is CC(C)C1CCC(C)(F)C(F)(F)C1c1cc(OCCCS(C)(=O)=O)cc(C2C(C(C)C)CCC(C)(F)C2(F)F)c1-c1cccc2c1CCC2Oc1ccc2c(c1)SC[C@H]2CC(=O)O. The van der Waals surface area contributed by atoms with Crippen LogP contribution in [-0.4, -0.2) is 67.0 Å². The Kier molecular flexibility index (Phi) is 13.2. The molecule has 1 aliphatic heterocycles. The Morgan fingerprint density at radius 3 is 1.94 bits per heavy atom. The van der Waals surface area contributed by atoms with E-state index in [1.54, 1.807) is 51.6 Å². The van der Waals surface area contributed by atoms with Crippen molar-refractivity contribution in [2.45, 2.75) is 145 Å². The van der Waals surface area contributed by atoms with Gasteiger partial charge < -0.3 is 14.6 Å². The number of hydrogen-bond acceptors (Lipinski definition) is 6. The molecule has 14 heteroatoms. The second-order valence-electron chi connectivity index (χ2n) is 19.6. The largest absolute Gasteiger partial charge is 0.494 e. The Labute approximate surface area is 372 Å². The quantitative estimate of drug-likeness (QED) is 0.127. The molecule has 0 saturated heterocycles. The first-order valence-electron chi connectivity index (χ1n) is 22.2. The predicted molar refractivity (Wildman–Crippen MR) is 235 cm³/mol. The molecule has 0 aromatic heterocycles. The van der Waals surface area contributed by atoms with E-state index in [1.165, 1.54) is 12.1 Å². The number of thioether (sulfide) groups is 1. The first kappa shape index (κ1) is 47.6. The van der Waals surface area contributed by atoms with Crippen molar-refractivity contribution in [3.8, 4) is 22.6 Å². The zero-order valence-electron chi connectivity index (χ0n) is 37.1. The van der Waals surface area contributed by atoms with Crippen LogP contribution in [0.4, 0.5) is 26.3 Å². The summed E-state index contributed by atoms with van der Waals surface area (Å²) < 4.78 is 139. The molecular weight excluding hydrogens is 863 g/mol. The van der Waals surface area contributed by atoms with Crippen LogP contribution in [0.2, 0.25) is 0 Å². The lowest BCUT2D eigenvalue weighted by Crippen LogP contribution is -2.54. The van der Waals surface area contributed by atoms with Crippen LogP contribution in [-0.2, 0) is 21.1 Å². The first-order chi connectivity index (χ1) is 29.3. The number of ether oxygens (including phenoxy) is 2. The number of aliphatic carboxylic acids is 1. The Hall–Kier alpha value is -3.39. The molecule has 1 N–H and O–H groups in total. The molecule has 4 aliphatic rings. The second kappa shape index (κ2) is 17.4. The number of carbonyl (C=O) groups is 1. The van der Waals surface area contributed by atoms with Gasteiger partial charge in [-0.1, -0.05) is 52.0 Å². The Morgan fingerprint density at radius 2 is 1.40 bits per heavy atom. The smallest absolute Gasteiger partial charge is 0.303 e. The molecule has 1 heterocycles. The summed E-state index contributed by atoms with van der Waals surface area (Å²) in [7, 11) is -3.39. The Balaban J connectivity index is 1.45. The van der Waals surface area contributed by atoms with E-state index in [2.05, 4.69) is 0 Å². The van der Waals surface area contributed by atoms with Crippen LogP contribution >= 0.6 is 11.8 Å². The van der Waals surface area contributed by atoms with Gasteiger partial charge in [-0.25, -0.2) is 34.8 Å². The molecule has 7 unspecified atom stereocenters. The highest BCUT2D eigenvalue weighted by atomic mass is 32.2. The summed E-state index contributed by atoms with van der Waals surface area (Å²) in [6.45, 7) is 8.81. The number of benzene rings is 3. The number of alkyl halides is 6. The average Bonchev–Trinajstić information content (AvgIpc) is 3.77. The minimum atomic E-state index is -3.97. The molecule has 0 radical (unpaired) electrons. The zero-order chi connectivity index (χ0) is 46.0. The number of sulfone groups is 1. The molecule has 0 amide bonds. The predicted octanol–water partition coefficient (Wildman–Crippen LogP) is 12.9. The van der Waals surface area contributed by atoms with Gasteiger partial charge in [0.05, 0.1) is 30.6 Å². The van der Waals surface area contributed by atoms with E-state index in [0.717, 1.165) is 36.1 Å². The van der Waals surface area contributed by atoms with Gasteiger partial charge in [0.15, 0.2) is 11.3 Å². The fourth-order valence-electron chi connectivity index (χ4n) is 10.9. The highest BCUT2D eigenvalue weighted by Crippen LogP contribution is 2.63. The van der Waals surface area contributed by atoms with Gasteiger partial charge in [-0.3, -0.25) is 4.79 Å². The van der Waals surface area contributed by atoms with E-state index in [-0.39, 0.29) is 78.2 Å². The van der Waals surface area contributed by atoms with Crippen molar-refractivity contribution in [1.82, 2.24) is 0 Å². The normalized spacial score (nSPS) is 30.0. The van der Waals surface area contributed by atoms with E-state index >= 15 is 26.3 Å². The third-order valence-corrected chi connectivity index (χ3v) is 16.7. The topological polar surface area (TPSA) is 89.9 Å². The van der Waals surface area contributed by atoms with Gasteiger partial charge in [-0.2, -0.15) is 0 Å². The number of hydrogen-bond donors (Lipinski definition) is 1. The van der Waals surface area contributed by atoms with E-state index in [4.69, 9.17) is 9.47 Å². The molecule has 2 fully saturated rings.